The van der Waals surface area contributed by atoms with Gasteiger partial charge in [0.1, 0.15) is 5.75 Å². The molecule has 2 aromatic rings. The summed E-state index contributed by atoms with van der Waals surface area (Å²) >= 11 is 0. The number of nitrogens with one attached hydrogen (secondary N) is 2. The maximum atomic E-state index is 12.4. The van der Waals surface area contributed by atoms with Crippen LogP contribution >= 0.6 is 0 Å². The second kappa shape index (κ2) is 8.79. The Kier molecular flexibility index (Phi) is 6.48. The van der Waals surface area contributed by atoms with Gasteiger partial charge in [0.25, 0.3) is 5.69 Å². The van der Waals surface area contributed by atoms with Crippen molar-refractivity contribution in [2.45, 2.75) is 26.7 Å². The van der Waals surface area contributed by atoms with Gasteiger partial charge in [0.2, 0.25) is 0 Å². The van der Waals surface area contributed by atoms with Crippen LogP contribution in [-0.2, 0) is 22.4 Å². The summed E-state index contributed by atoms with van der Waals surface area (Å²) in [6, 6.07) is 9.42. The highest BCUT2D eigenvalue weighted by Crippen LogP contribution is 2.29. The molecular weight excluding hydrogens is 350 g/mol. The van der Waals surface area contributed by atoms with Crippen LogP contribution in [0.25, 0.3) is 0 Å². The maximum Gasteiger partial charge on any atom is 0.314 e. The first-order chi connectivity index (χ1) is 12.9. The normalized spacial score (nSPS) is 10.2. The van der Waals surface area contributed by atoms with Crippen LogP contribution in [0.2, 0.25) is 0 Å². The largest absolute Gasteiger partial charge is 0.494 e. The Labute approximate surface area is 156 Å². The molecule has 0 heterocycles. The lowest BCUT2D eigenvalue weighted by Crippen LogP contribution is -2.30. The van der Waals surface area contributed by atoms with E-state index in [1.165, 1.54) is 25.3 Å². The molecule has 2 aromatic carbocycles. The van der Waals surface area contributed by atoms with Crippen molar-refractivity contribution in [2.24, 2.45) is 0 Å². The first kappa shape index (κ1) is 19.9. The van der Waals surface area contributed by atoms with Crippen molar-refractivity contribution in [3.8, 4) is 5.75 Å². The predicted octanol–water partition coefficient (Wildman–Crippen LogP) is 3.31. The number of aryl methyl sites for hydroxylation is 2. The summed E-state index contributed by atoms with van der Waals surface area (Å²) in [6.07, 6.45) is 1.42. The molecule has 142 valence electrons. The van der Waals surface area contributed by atoms with Crippen molar-refractivity contribution in [3.05, 3.63) is 57.6 Å². The summed E-state index contributed by atoms with van der Waals surface area (Å²) in [6.45, 7) is 3.93. The number of rotatable bonds is 6. The van der Waals surface area contributed by atoms with Gasteiger partial charge in [-0.15, -0.1) is 0 Å². The van der Waals surface area contributed by atoms with Gasteiger partial charge in [-0.1, -0.05) is 32.0 Å². The highest BCUT2D eigenvalue weighted by molar-refractivity contribution is 6.44. The molecular formula is C19H21N3O5. The number of hydrogen-bond donors (Lipinski definition) is 2. The summed E-state index contributed by atoms with van der Waals surface area (Å²) in [5.41, 5.74) is 2.49. The molecule has 0 spiro atoms. The van der Waals surface area contributed by atoms with Gasteiger partial charge < -0.3 is 15.4 Å². The van der Waals surface area contributed by atoms with Crippen LogP contribution in [0.1, 0.15) is 25.0 Å². The van der Waals surface area contributed by atoms with Gasteiger partial charge >= 0.3 is 11.8 Å². The fraction of sp³-hybridized carbons (Fsp3) is 0.263. The van der Waals surface area contributed by atoms with E-state index in [9.17, 15) is 19.7 Å². The molecule has 0 bridgehead atoms. The lowest BCUT2D eigenvalue weighted by atomic mass is 10.0. The van der Waals surface area contributed by atoms with Crippen molar-refractivity contribution in [3.63, 3.8) is 0 Å². The Morgan fingerprint density at radius 2 is 1.63 bits per heavy atom. The number of nitrogens with zero attached hydrogens (tertiary/aromatic N) is 1. The van der Waals surface area contributed by atoms with Crippen molar-refractivity contribution in [2.75, 3.05) is 17.7 Å². The van der Waals surface area contributed by atoms with E-state index in [0.717, 1.165) is 11.1 Å². The monoisotopic (exact) mass is 371 g/mol. The first-order valence-corrected chi connectivity index (χ1v) is 8.46. The van der Waals surface area contributed by atoms with Crippen LogP contribution in [0.5, 0.6) is 5.75 Å². The second-order valence-electron chi connectivity index (χ2n) is 5.71. The average molecular weight is 371 g/mol. The molecule has 2 amide bonds. The lowest BCUT2D eigenvalue weighted by Gasteiger charge is -2.14. The van der Waals surface area contributed by atoms with E-state index in [1.807, 2.05) is 32.0 Å². The van der Waals surface area contributed by atoms with Gasteiger partial charge in [-0.2, -0.15) is 0 Å². The molecule has 0 fully saturated rings. The highest BCUT2D eigenvalue weighted by Gasteiger charge is 2.20. The number of carbonyl (C=O) groups is 2. The second-order valence-corrected chi connectivity index (χ2v) is 5.71. The molecule has 2 N–H and O–H groups in total. The maximum absolute atomic E-state index is 12.4. The van der Waals surface area contributed by atoms with Crippen LogP contribution in [0, 0.1) is 10.1 Å². The number of anilines is 2. The summed E-state index contributed by atoms with van der Waals surface area (Å²) in [4.78, 5) is 34.9. The SMILES string of the molecule is CCc1cccc(CC)c1NC(=O)C(=O)Nc1ccc([N+](=O)[O-])cc1OC. The molecule has 0 unspecified atom stereocenters. The molecule has 2 rings (SSSR count). The Balaban J connectivity index is 2.20. The zero-order valence-electron chi connectivity index (χ0n) is 15.4. The third-order valence-corrected chi connectivity index (χ3v) is 4.09. The fourth-order valence-corrected chi connectivity index (χ4v) is 2.65. The first-order valence-electron chi connectivity index (χ1n) is 8.46. The molecule has 0 aliphatic heterocycles. The van der Waals surface area contributed by atoms with Gasteiger partial charge in [0, 0.05) is 11.8 Å². The minimum atomic E-state index is -0.893. The standard InChI is InChI=1S/C19H21N3O5/c1-4-12-7-6-8-13(5-2)17(12)21-19(24)18(23)20-15-10-9-14(22(25)26)11-16(15)27-3/h6-11H,4-5H2,1-3H3,(H,20,23)(H,21,24). The van der Waals surface area contributed by atoms with Crippen molar-refractivity contribution in [1.29, 1.82) is 0 Å². The molecule has 0 saturated heterocycles. The number of nitro benzene ring substituents is 1. The molecule has 0 aliphatic carbocycles. The summed E-state index contributed by atoms with van der Waals surface area (Å²) in [5.74, 6) is -1.63. The number of para-hydroxylation sites is 1. The minimum absolute atomic E-state index is 0.0913. The smallest absolute Gasteiger partial charge is 0.314 e. The Hall–Kier alpha value is -3.42. The van der Waals surface area contributed by atoms with Crippen LogP contribution in [-0.4, -0.2) is 23.8 Å². The van der Waals surface area contributed by atoms with Gasteiger partial charge in [0.15, 0.2) is 0 Å². The van der Waals surface area contributed by atoms with Crippen LogP contribution in [0.4, 0.5) is 17.1 Å². The Morgan fingerprint density at radius 3 is 2.15 bits per heavy atom. The van der Waals surface area contributed by atoms with E-state index >= 15 is 0 Å². The third kappa shape index (κ3) is 4.60. The number of nitro groups is 1. The average Bonchev–Trinajstić information content (AvgIpc) is 2.67. The highest BCUT2D eigenvalue weighted by atomic mass is 16.6. The molecule has 0 aliphatic rings. The molecule has 8 heteroatoms. The van der Waals surface area contributed by atoms with Gasteiger partial charge in [0.05, 0.1) is 23.8 Å². The zero-order valence-corrected chi connectivity index (χ0v) is 15.4. The fourth-order valence-electron chi connectivity index (χ4n) is 2.65. The number of ether oxygens (including phenoxy) is 1. The van der Waals surface area contributed by atoms with Gasteiger partial charge in [-0.05, 0) is 30.0 Å². The summed E-state index contributed by atoms with van der Waals surface area (Å²) in [5, 5.41) is 15.9. The number of non-ortho nitro benzene ring substituents is 1. The molecule has 0 aromatic heterocycles. The number of carbonyl (C=O) groups excluding carboxylic acids is 2. The van der Waals surface area contributed by atoms with E-state index in [2.05, 4.69) is 10.6 Å². The Bertz CT molecular complexity index is 857. The van der Waals surface area contributed by atoms with E-state index in [4.69, 9.17) is 4.74 Å². The molecule has 0 saturated carbocycles. The Morgan fingerprint density at radius 1 is 1.04 bits per heavy atom. The quantitative estimate of drug-likeness (QED) is 0.460. The van der Waals surface area contributed by atoms with E-state index in [0.29, 0.717) is 18.5 Å². The minimum Gasteiger partial charge on any atom is -0.494 e. The topological polar surface area (TPSA) is 111 Å². The number of hydrogen-bond acceptors (Lipinski definition) is 5. The number of methoxy groups -OCH3 is 1. The molecule has 8 nitrogen and oxygen atoms in total. The van der Waals surface area contributed by atoms with Crippen molar-refractivity contribution in [1.82, 2.24) is 0 Å². The van der Waals surface area contributed by atoms with Crippen LogP contribution in [0.3, 0.4) is 0 Å². The molecule has 0 atom stereocenters. The molecule has 0 radical (unpaired) electrons. The predicted molar refractivity (Wildman–Crippen MR) is 102 cm³/mol. The van der Waals surface area contributed by atoms with E-state index < -0.39 is 16.7 Å². The third-order valence-electron chi connectivity index (χ3n) is 4.09. The number of benzene rings is 2. The summed E-state index contributed by atoms with van der Waals surface area (Å²) in [7, 11) is 1.32. The van der Waals surface area contributed by atoms with Crippen LogP contribution < -0.4 is 15.4 Å². The van der Waals surface area contributed by atoms with Gasteiger partial charge in [-0.3, -0.25) is 19.7 Å². The van der Waals surface area contributed by atoms with Crippen LogP contribution in [0.15, 0.2) is 36.4 Å². The van der Waals surface area contributed by atoms with Crippen molar-refractivity contribution >= 4 is 28.9 Å². The van der Waals surface area contributed by atoms with Crippen molar-refractivity contribution < 1.29 is 19.2 Å². The zero-order chi connectivity index (χ0) is 20.0. The van der Waals surface area contributed by atoms with Gasteiger partial charge in [-0.25, -0.2) is 0 Å². The molecule has 27 heavy (non-hydrogen) atoms. The van der Waals surface area contributed by atoms with E-state index in [-0.39, 0.29) is 17.1 Å². The summed E-state index contributed by atoms with van der Waals surface area (Å²) < 4.78 is 5.06. The number of amides is 2. The lowest BCUT2D eigenvalue weighted by molar-refractivity contribution is -0.384. The van der Waals surface area contributed by atoms with E-state index in [1.54, 1.807) is 0 Å².